The number of rotatable bonds is 7. The van der Waals surface area contributed by atoms with Crippen molar-refractivity contribution in [1.82, 2.24) is 24.5 Å². The van der Waals surface area contributed by atoms with Crippen LogP contribution in [0.1, 0.15) is 25.0 Å². The van der Waals surface area contributed by atoms with Crippen LogP contribution in [0.15, 0.2) is 162 Å². The van der Waals surface area contributed by atoms with Crippen molar-refractivity contribution in [3.63, 3.8) is 0 Å². The fraction of sp³-hybridized carbons (Fsp3) is 0.0833. The van der Waals surface area contributed by atoms with Crippen molar-refractivity contribution in [2.75, 3.05) is 6.26 Å². The molecule has 0 unspecified atom stereocenters. The van der Waals surface area contributed by atoms with Crippen molar-refractivity contribution < 1.29 is 21.4 Å². The molecule has 0 radical (unpaired) electrons. The van der Waals surface area contributed by atoms with Crippen LogP contribution in [0.25, 0.3) is 83.9 Å². The summed E-state index contributed by atoms with van der Waals surface area (Å²) in [7, 11) is -9.05. The number of fused-ring (bicyclic) bond motifs is 6. The van der Waals surface area contributed by atoms with Gasteiger partial charge in [0.15, 0.2) is 21.5 Å². The zero-order valence-electron chi connectivity index (χ0n) is 32.6. The van der Waals surface area contributed by atoms with E-state index in [-0.39, 0.29) is 27.3 Å². The Morgan fingerprint density at radius 2 is 1.20 bits per heavy atom. The van der Waals surface area contributed by atoms with Crippen molar-refractivity contribution in [2.45, 2.75) is 29.1 Å². The van der Waals surface area contributed by atoms with Crippen molar-refractivity contribution >= 4 is 41.8 Å². The summed E-state index contributed by atoms with van der Waals surface area (Å²) in [4.78, 5) is 17.6. The molecule has 9 aromatic rings. The van der Waals surface area contributed by atoms with Crippen molar-refractivity contribution in [1.29, 1.82) is 0 Å². The third-order valence-electron chi connectivity index (χ3n) is 11.4. The van der Waals surface area contributed by atoms with Gasteiger partial charge >= 0.3 is 0 Å². The van der Waals surface area contributed by atoms with Gasteiger partial charge in [-0.1, -0.05) is 105 Å². The average Bonchev–Trinajstić information content (AvgIpc) is 3.69. The molecule has 6 aromatic carbocycles. The smallest absolute Gasteiger partial charge is 0.294 e. The van der Waals surface area contributed by atoms with Gasteiger partial charge in [-0.05, 0) is 75.8 Å². The van der Waals surface area contributed by atoms with E-state index in [1.807, 2.05) is 91.0 Å². The molecular formula is C48H35N5O5S2. The minimum absolute atomic E-state index is 0.151. The lowest BCUT2D eigenvalue weighted by Gasteiger charge is -2.21. The van der Waals surface area contributed by atoms with Crippen molar-refractivity contribution in [3.8, 4) is 62.1 Å². The molecule has 0 amide bonds. The van der Waals surface area contributed by atoms with Gasteiger partial charge in [-0.2, -0.15) is 8.42 Å². The molecule has 1 aliphatic carbocycles. The van der Waals surface area contributed by atoms with E-state index in [1.54, 1.807) is 0 Å². The van der Waals surface area contributed by atoms with Gasteiger partial charge in [0, 0.05) is 52.0 Å². The molecule has 0 saturated carbocycles. The van der Waals surface area contributed by atoms with Crippen LogP contribution in [-0.4, -0.2) is 52.1 Å². The lowest BCUT2D eigenvalue weighted by atomic mass is 9.82. The topological polar surface area (TPSA) is 145 Å². The maximum Gasteiger partial charge on any atom is 0.295 e. The first-order valence-corrected chi connectivity index (χ1v) is 22.5. The number of hydrogen-bond donors (Lipinski definition) is 1. The predicted molar refractivity (Wildman–Crippen MR) is 234 cm³/mol. The highest BCUT2D eigenvalue weighted by Gasteiger charge is 2.36. The highest BCUT2D eigenvalue weighted by Crippen LogP contribution is 2.51. The molecule has 1 N–H and O–H groups in total. The summed E-state index contributed by atoms with van der Waals surface area (Å²) in [6.45, 7) is 4.47. The van der Waals surface area contributed by atoms with Gasteiger partial charge in [-0.25, -0.2) is 28.4 Å². The molecule has 12 heteroatoms. The third kappa shape index (κ3) is 6.10. The molecule has 0 aliphatic heterocycles. The molecule has 0 atom stereocenters. The molecule has 0 saturated heterocycles. The van der Waals surface area contributed by atoms with Crippen LogP contribution < -0.4 is 0 Å². The zero-order chi connectivity index (χ0) is 41.6. The number of sulfone groups is 1. The molecule has 1 aliphatic rings. The molecule has 0 bridgehead atoms. The summed E-state index contributed by atoms with van der Waals surface area (Å²) in [6, 6.07) is 44.6. The van der Waals surface area contributed by atoms with E-state index in [2.05, 4.69) is 58.7 Å². The Labute approximate surface area is 346 Å². The minimum Gasteiger partial charge on any atom is -0.294 e. The summed E-state index contributed by atoms with van der Waals surface area (Å²) in [5.74, 6) is 1.05. The highest BCUT2D eigenvalue weighted by atomic mass is 32.2. The lowest BCUT2D eigenvalue weighted by Crippen LogP contribution is -2.15. The largest absolute Gasteiger partial charge is 0.295 e. The molecule has 10 rings (SSSR count). The van der Waals surface area contributed by atoms with Crippen molar-refractivity contribution in [3.05, 3.63) is 163 Å². The van der Waals surface area contributed by atoms with Gasteiger partial charge in [0.25, 0.3) is 10.1 Å². The summed E-state index contributed by atoms with van der Waals surface area (Å²) in [5, 5.41) is 1.73. The lowest BCUT2D eigenvalue weighted by molar-refractivity contribution is 0.483. The van der Waals surface area contributed by atoms with Crippen LogP contribution in [0, 0.1) is 0 Å². The Hall–Kier alpha value is -6.86. The monoisotopic (exact) mass is 825 g/mol. The van der Waals surface area contributed by atoms with E-state index in [0.717, 1.165) is 61.6 Å². The summed E-state index contributed by atoms with van der Waals surface area (Å²) < 4.78 is 65.6. The Morgan fingerprint density at radius 1 is 0.550 bits per heavy atom. The standard InChI is InChI=1S/C48H35N5O5S2/c1-48(2)37-18-11-10-17-33(37)34-26-36-35-23-31(32-24-42(59(3,54)55)45(43(25-32)60(56,57)58)47-49-21-12-22-50-47)19-20-40(35)53(41(36)27-38(34)48)44-28-39(29-13-6-4-7-14-29)51-46(52-44)30-15-8-5-9-16-30/h4-28H,1-3H3,(H,56,57,58). The maximum atomic E-state index is 13.4. The molecule has 0 spiro atoms. The van der Waals surface area contributed by atoms with E-state index in [9.17, 15) is 21.4 Å². The van der Waals surface area contributed by atoms with Crippen molar-refractivity contribution in [2.24, 2.45) is 0 Å². The van der Waals surface area contributed by atoms with E-state index in [0.29, 0.717) is 17.2 Å². The van der Waals surface area contributed by atoms with Crippen LogP contribution in [0.2, 0.25) is 0 Å². The number of aromatic nitrogens is 5. The van der Waals surface area contributed by atoms with Gasteiger partial charge in [0.1, 0.15) is 10.7 Å². The highest BCUT2D eigenvalue weighted by molar-refractivity contribution is 7.91. The normalized spacial score (nSPS) is 13.4. The Balaban J connectivity index is 1.29. The second-order valence-corrected chi connectivity index (χ2v) is 18.9. The maximum absolute atomic E-state index is 13.4. The Morgan fingerprint density at radius 3 is 1.90 bits per heavy atom. The van der Waals surface area contributed by atoms with Gasteiger partial charge in [-0.3, -0.25) is 9.12 Å². The quantitative estimate of drug-likeness (QED) is 0.155. The number of hydrogen-bond acceptors (Lipinski definition) is 8. The number of benzene rings is 6. The number of nitrogens with zero attached hydrogens (tertiary/aromatic N) is 5. The fourth-order valence-electron chi connectivity index (χ4n) is 8.56. The molecular weight excluding hydrogens is 791 g/mol. The minimum atomic E-state index is -4.97. The Bertz CT molecular complexity index is 3330. The molecule has 294 valence electrons. The van der Waals surface area contributed by atoms with Gasteiger partial charge < -0.3 is 0 Å². The van der Waals surface area contributed by atoms with E-state index in [1.165, 1.54) is 36.2 Å². The van der Waals surface area contributed by atoms with Crippen LogP contribution in [-0.2, 0) is 25.4 Å². The average molecular weight is 826 g/mol. The SMILES string of the molecule is CC1(C)c2ccccc2-c2cc3c4cc(-c5cc(S(C)(=O)=O)c(-c6ncccn6)c(S(=O)(=O)O)c5)ccc4n(-c4cc(-c5ccccc5)nc(-c5ccccc5)n4)c3cc21. The fourth-order valence-corrected chi connectivity index (χ4v) is 10.3. The van der Waals surface area contributed by atoms with Crippen LogP contribution in [0.4, 0.5) is 0 Å². The summed E-state index contributed by atoms with van der Waals surface area (Å²) in [6.07, 6.45) is 3.73. The van der Waals surface area contributed by atoms with Gasteiger partial charge in [0.05, 0.1) is 27.2 Å². The molecule has 3 aromatic heterocycles. The van der Waals surface area contributed by atoms with Gasteiger partial charge in [0.2, 0.25) is 0 Å². The third-order valence-corrected chi connectivity index (χ3v) is 13.4. The molecule has 60 heavy (non-hydrogen) atoms. The second kappa shape index (κ2) is 13.6. The van der Waals surface area contributed by atoms with Crippen LogP contribution in [0.5, 0.6) is 0 Å². The molecule has 3 heterocycles. The summed E-state index contributed by atoms with van der Waals surface area (Å²) in [5.41, 5.74) is 9.05. The Kier molecular flexibility index (Phi) is 8.48. The van der Waals surface area contributed by atoms with Crippen LogP contribution in [0.3, 0.4) is 0 Å². The van der Waals surface area contributed by atoms with Gasteiger partial charge in [-0.15, -0.1) is 0 Å². The first-order valence-electron chi connectivity index (χ1n) is 19.1. The van der Waals surface area contributed by atoms with Crippen LogP contribution >= 0.6 is 0 Å². The first kappa shape index (κ1) is 37.4. The second-order valence-electron chi connectivity index (χ2n) is 15.5. The molecule has 0 fully saturated rings. The van der Waals surface area contributed by atoms with E-state index in [4.69, 9.17) is 9.97 Å². The van der Waals surface area contributed by atoms with E-state index >= 15 is 0 Å². The summed E-state index contributed by atoms with van der Waals surface area (Å²) >= 11 is 0. The molecule has 10 nitrogen and oxygen atoms in total. The first-order chi connectivity index (χ1) is 28.8. The van der Waals surface area contributed by atoms with E-state index < -0.39 is 24.9 Å². The zero-order valence-corrected chi connectivity index (χ0v) is 34.2. The predicted octanol–water partition coefficient (Wildman–Crippen LogP) is 9.99.